The Hall–Kier alpha value is -2.82. The normalized spacial score (nSPS) is 12.3. The van der Waals surface area contributed by atoms with E-state index in [1.165, 1.54) is 4.90 Å². The number of hydrogen-bond donors (Lipinski definition) is 1. The number of nitrogens with zero attached hydrogens (tertiary/aromatic N) is 1. The lowest BCUT2D eigenvalue weighted by atomic mass is 9.98. The number of benzene rings is 2. The second-order valence-corrected chi connectivity index (χ2v) is 7.12. The molecule has 1 N–H and O–H groups in total. The monoisotopic (exact) mass is 355 g/mol. The van der Waals surface area contributed by atoms with E-state index < -0.39 is 23.6 Å². The predicted molar refractivity (Wildman–Crippen MR) is 99.8 cm³/mol. The van der Waals surface area contributed by atoms with E-state index in [1.807, 2.05) is 60.7 Å². The van der Waals surface area contributed by atoms with Crippen LogP contribution in [0.25, 0.3) is 0 Å². The van der Waals surface area contributed by atoms with Gasteiger partial charge in [-0.1, -0.05) is 60.7 Å². The van der Waals surface area contributed by atoms with Crippen molar-refractivity contribution < 1.29 is 19.4 Å². The second-order valence-electron chi connectivity index (χ2n) is 7.12. The molecule has 138 valence electrons. The summed E-state index contributed by atoms with van der Waals surface area (Å²) in [6.45, 7) is 5.51. The van der Waals surface area contributed by atoms with Gasteiger partial charge >= 0.3 is 12.1 Å². The molecule has 0 saturated carbocycles. The first-order valence-corrected chi connectivity index (χ1v) is 8.56. The average Bonchev–Trinajstić information content (AvgIpc) is 2.60. The summed E-state index contributed by atoms with van der Waals surface area (Å²) in [6, 6.07) is 17.6. The Morgan fingerprint density at radius 1 is 0.962 bits per heavy atom. The first kappa shape index (κ1) is 19.5. The minimum absolute atomic E-state index is 0.101. The molecule has 2 aromatic carbocycles. The number of aliphatic carboxylic acids is 1. The van der Waals surface area contributed by atoms with Crippen LogP contribution in [0.2, 0.25) is 0 Å². The Balaban J connectivity index is 2.20. The second kappa shape index (κ2) is 8.52. The van der Waals surface area contributed by atoms with E-state index in [0.29, 0.717) is 0 Å². The van der Waals surface area contributed by atoms with Gasteiger partial charge in [0.2, 0.25) is 0 Å². The molecule has 0 fully saturated rings. The van der Waals surface area contributed by atoms with Crippen molar-refractivity contribution in [1.29, 1.82) is 0 Å². The minimum Gasteiger partial charge on any atom is -0.480 e. The molecule has 0 aliphatic heterocycles. The maximum Gasteiger partial charge on any atom is 0.411 e. The first-order valence-electron chi connectivity index (χ1n) is 8.56. The van der Waals surface area contributed by atoms with Crippen molar-refractivity contribution in [2.45, 2.75) is 45.4 Å². The molecule has 0 saturated heterocycles. The summed E-state index contributed by atoms with van der Waals surface area (Å²) in [5.41, 5.74) is 1.00. The van der Waals surface area contributed by atoms with Crippen molar-refractivity contribution in [1.82, 2.24) is 4.90 Å². The maximum atomic E-state index is 12.7. The summed E-state index contributed by atoms with van der Waals surface area (Å²) in [5, 5.41) is 9.75. The number of carboxylic acids is 1. The summed E-state index contributed by atoms with van der Waals surface area (Å²) < 4.78 is 5.41. The highest BCUT2D eigenvalue weighted by atomic mass is 16.6. The highest BCUT2D eigenvalue weighted by molar-refractivity contribution is 5.81. The van der Waals surface area contributed by atoms with Gasteiger partial charge in [0.15, 0.2) is 0 Å². The maximum absolute atomic E-state index is 12.7. The topological polar surface area (TPSA) is 66.8 Å². The third kappa shape index (κ3) is 5.34. The lowest BCUT2D eigenvalue weighted by Gasteiger charge is -2.39. The first-order chi connectivity index (χ1) is 12.3. The molecule has 0 radical (unpaired) electrons. The van der Waals surface area contributed by atoms with Crippen molar-refractivity contribution in [3.63, 3.8) is 0 Å². The zero-order chi connectivity index (χ0) is 19.2. The van der Waals surface area contributed by atoms with Crippen molar-refractivity contribution >= 4 is 12.1 Å². The summed E-state index contributed by atoms with van der Waals surface area (Å²) in [6.07, 6.45) is -0.418. The van der Waals surface area contributed by atoms with Gasteiger partial charge in [-0.25, -0.2) is 9.59 Å². The van der Waals surface area contributed by atoms with Crippen LogP contribution in [0.1, 0.15) is 31.9 Å². The third-order valence-corrected chi connectivity index (χ3v) is 3.99. The summed E-state index contributed by atoms with van der Waals surface area (Å²) in [4.78, 5) is 26.0. The van der Waals surface area contributed by atoms with Crippen LogP contribution in [0.4, 0.5) is 4.79 Å². The van der Waals surface area contributed by atoms with Gasteiger partial charge in [0.05, 0.1) is 0 Å². The summed E-state index contributed by atoms with van der Waals surface area (Å²) in [7, 11) is 0. The molecule has 0 aliphatic rings. The molecule has 0 unspecified atom stereocenters. The smallest absolute Gasteiger partial charge is 0.411 e. The van der Waals surface area contributed by atoms with Crippen molar-refractivity contribution in [2.75, 3.05) is 0 Å². The molecule has 1 amide bonds. The standard InChI is InChI=1S/C21H25NO4/c1-21(2,3)22(20(25)26-15-17-12-8-5-9-13-17)18(19(23)24)14-16-10-6-4-7-11-16/h4-13,18H,14-15H2,1-3H3,(H,23,24)/t18-/m1/s1. The zero-order valence-electron chi connectivity index (χ0n) is 15.4. The number of carbonyl (C=O) groups is 2. The molecular formula is C21H25NO4. The molecule has 1 atom stereocenters. The molecule has 0 heterocycles. The van der Waals surface area contributed by atoms with Crippen molar-refractivity contribution in [3.05, 3.63) is 71.8 Å². The Morgan fingerprint density at radius 2 is 1.46 bits per heavy atom. The van der Waals surface area contributed by atoms with Crippen LogP contribution in [0, 0.1) is 0 Å². The number of rotatable bonds is 6. The summed E-state index contributed by atoms with van der Waals surface area (Å²) in [5.74, 6) is -1.06. The van der Waals surface area contributed by atoms with E-state index in [1.54, 1.807) is 20.8 Å². The molecule has 0 spiro atoms. The fraction of sp³-hybridized carbons (Fsp3) is 0.333. The van der Waals surface area contributed by atoms with Gasteiger partial charge in [-0.05, 0) is 31.9 Å². The van der Waals surface area contributed by atoms with Crippen LogP contribution < -0.4 is 0 Å². The molecule has 26 heavy (non-hydrogen) atoms. The number of ether oxygens (including phenoxy) is 1. The van der Waals surface area contributed by atoms with Crippen LogP contribution in [-0.4, -0.2) is 33.6 Å². The third-order valence-electron chi connectivity index (χ3n) is 3.99. The number of carbonyl (C=O) groups excluding carboxylic acids is 1. The van der Waals surface area contributed by atoms with E-state index in [4.69, 9.17) is 4.74 Å². The van der Waals surface area contributed by atoms with Crippen molar-refractivity contribution in [2.24, 2.45) is 0 Å². The van der Waals surface area contributed by atoms with Crippen LogP contribution in [0.3, 0.4) is 0 Å². The molecular weight excluding hydrogens is 330 g/mol. The van der Waals surface area contributed by atoms with Crippen LogP contribution in [0.5, 0.6) is 0 Å². The molecule has 5 heteroatoms. The van der Waals surface area contributed by atoms with Gasteiger partial charge in [0.1, 0.15) is 12.6 Å². The summed E-state index contributed by atoms with van der Waals surface area (Å²) >= 11 is 0. The number of carboxylic acid groups (broad SMARTS) is 1. The van der Waals surface area contributed by atoms with E-state index in [-0.39, 0.29) is 13.0 Å². The van der Waals surface area contributed by atoms with Gasteiger partial charge in [0, 0.05) is 12.0 Å². The zero-order valence-corrected chi connectivity index (χ0v) is 15.4. The van der Waals surface area contributed by atoms with Crippen LogP contribution >= 0.6 is 0 Å². The number of hydrogen-bond acceptors (Lipinski definition) is 3. The van der Waals surface area contributed by atoms with Crippen LogP contribution in [0.15, 0.2) is 60.7 Å². The molecule has 5 nitrogen and oxygen atoms in total. The molecule has 0 bridgehead atoms. The molecule has 2 aromatic rings. The van der Waals surface area contributed by atoms with Gasteiger partial charge in [-0.2, -0.15) is 0 Å². The lowest BCUT2D eigenvalue weighted by molar-refractivity contribution is -0.144. The lowest BCUT2D eigenvalue weighted by Crippen LogP contribution is -2.55. The average molecular weight is 355 g/mol. The van der Waals surface area contributed by atoms with Gasteiger partial charge in [-0.15, -0.1) is 0 Å². The quantitative estimate of drug-likeness (QED) is 0.846. The van der Waals surface area contributed by atoms with Gasteiger partial charge in [0.25, 0.3) is 0 Å². The Kier molecular flexibility index (Phi) is 6.39. The molecule has 2 rings (SSSR count). The highest BCUT2D eigenvalue weighted by Gasteiger charge is 2.38. The minimum atomic E-state index is -1.06. The van der Waals surface area contributed by atoms with Gasteiger partial charge < -0.3 is 9.84 Å². The molecule has 0 aliphatic carbocycles. The van der Waals surface area contributed by atoms with E-state index in [9.17, 15) is 14.7 Å². The SMILES string of the molecule is CC(C)(C)N(C(=O)OCc1ccccc1)[C@H](Cc1ccccc1)C(=O)O. The Labute approximate surface area is 154 Å². The predicted octanol–water partition coefficient (Wildman–Crippen LogP) is 4.12. The molecule has 0 aromatic heterocycles. The highest BCUT2D eigenvalue weighted by Crippen LogP contribution is 2.22. The Bertz CT molecular complexity index is 723. The van der Waals surface area contributed by atoms with E-state index in [2.05, 4.69) is 0 Å². The fourth-order valence-electron chi connectivity index (χ4n) is 2.78. The van der Waals surface area contributed by atoms with E-state index in [0.717, 1.165) is 11.1 Å². The van der Waals surface area contributed by atoms with Gasteiger partial charge in [-0.3, -0.25) is 4.90 Å². The fourth-order valence-corrected chi connectivity index (χ4v) is 2.78. The van der Waals surface area contributed by atoms with E-state index >= 15 is 0 Å². The van der Waals surface area contributed by atoms with Crippen molar-refractivity contribution in [3.8, 4) is 0 Å². The number of amides is 1. The van der Waals surface area contributed by atoms with Crippen LogP contribution in [-0.2, 0) is 22.6 Å². The Morgan fingerprint density at radius 3 is 1.92 bits per heavy atom. The largest absolute Gasteiger partial charge is 0.480 e.